The third-order valence-corrected chi connectivity index (χ3v) is 2.96. The number of thiophene rings is 1. The summed E-state index contributed by atoms with van der Waals surface area (Å²) in [4.78, 5) is 13.2. The molecule has 0 atom stereocenters. The fourth-order valence-electron chi connectivity index (χ4n) is 1.44. The number of nitrogens with zero attached hydrogens (tertiary/aromatic N) is 1. The van der Waals surface area contributed by atoms with Crippen LogP contribution >= 0.6 is 11.3 Å². The van der Waals surface area contributed by atoms with Crippen LogP contribution < -0.4 is 4.90 Å². The highest BCUT2D eigenvalue weighted by molar-refractivity contribution is 7.08. The Hall–Kier alpha value is -1.03. The first-order valence-corrected chi connectivity index (χ1v) is 5.10. The van der Waals surface area contributed by atoms with Gasteiger partial charge in [0.25, 0.3) is 0 Å². The second-order valence-corrected chi connectivity index (χ2v) is 3.89. The molecule has 4 heteroatoms. The van der Waals surface area contributed by atoms with E-state index in [2.05, 4.69) is 21.1 Å². The molecule has 0 aliphatic carbocycles. The molecule has 1 fully saturated rings. The molecule has 0 unspecified atom stereocenters. The second kappa shape index (κ2) is 3.38. The minimum Gasteiger partial charge on any atom is -0.469 e. The number of anilines is 1. The van der Waals surface area contributed by atoms with Crippen LogP contribution in [0.1, 0.15) is 0 Å². The third-order valence-electron chi connectivity index (χ3n) is 2.29. The summed E-state index contributed by atoms with van der Waals surface area (Å²) in [6, 6.07) is 2.07. The molecule has 2 rings (SSSR count). The lowest BCUT2D eigenvalue weighted by Crippen LogP contribution is -2.50. The van der Waals surface area contributed by atoms with Gasteiger partial charge in [-0.05, 0) is 11.4 Å². The van der Waals surface area contributed by atoms with E-state index in [0.717, 1.165) is 13.1 Å². The molecule has 1 aliphatic heterocycles. The van der Waals surface area contributed by atoms with E-state index >= 15 is 0 Å². The van der Waals surface area contributed by atoms with E-state index in [4.69, 9.17) is 0 Å². The molecule has 0 bridgehead atoms. The van der Waals surface area contributed by atoms with E-state index in [1.165, 1.54) is 12.8 Å². The van der Waals surface area contributed by atoms with Gasteiger partial charge in [-0.15, -0.1) is 0 Å². The summed E-state index contributed by atoms with van der Waals surface area (Å²) < 4.78 is 4.66. The molecule has 1 aromatic rings. The van der Waals surface area contributed by atoms with Gasteiger partial charge in [-0.3, -0.25) is 4.79 Å². The summed E-state index contributed by atoms with van der Waals surface area (Å²) in [6.45, 7) is 1.59. The summed E-state index contributed by atoms with van der Waals surface area (Å²) in [5, 5.41) is 4.13. The van der Waals surface area contributed by atoms with Crippen LogP contribution in [-0.4, -0.2) is 26.2 Å². The van der Waals surface area contributed by atoms with Gasteiger partial charge in [-0.25, -0.2) is 0 Å². The molecule has 13 heavy (non-hydrogen) atoms. The molecule has 1 aliphatic rings. The molecule has 3 nitrogen and oxygen atoms in total. The SMILES string of the molecule is COC(=O)C1CN(c2ccsc2)C1. The van der Waals surface area contributed by atoms with Crippen LogP contribution in [-0.2, 0) is 9.53 Å². The molecule has 2 heterocycles. The van der Waals surface area contributed by atoms with Gasteiger partial charge in [-0.2, -0.15) is 11.3 Å². The van der Waals surface area contributed by atoms with E-state index in [0.29, 0.717) is 0 Å². The molecule has 1 saturated heterocycles. The number of hydrogen-bond acceptors (Lipinski definition) is 4. The Bertz CT molecular complexity index is 291. The van der Waals surface area contributed by atoms with Crippen LogP contribution in [0.15, 0.2) is 16.8 Å². The average molecular weight is 197 g/mol. The minimum atomic E-state index is -0.0912. The van der Waals surface area contributed by atoms with Crippen molar-refractivity contribution in [1.82, 2.24) is 0 Å². The molecule has 0 saturated carbocycles. The lowest BCUT2D eigenvalue weighted by atomic mass is 10.0. The normalized spacial score (nSPS) is 16.8. The first-order valence-electron chi connectivity index (χ1n) is 4.16. The van der Waals surface area contributed by atoms with Crippen LogP contribution in [0, 0.1) is 5.92 Å². The number of carbonyl (C=O) groups excluding carboxylic acids is 1. The molecule has 0 N–H and O–H groups in total. The van der Waals surface area contributed by atoms with Crippen molar-refractivity contribution in [2.24, 2.45) is 5.92 Å². The molecule has 1 aromatic heterocycles. The van der Waals surface area contributed by atoms with Crippen LogP contribution in [0.4, 0.5) is 5.69 Å². The van der Waals surface area contributed by atoms with Gasteiger partial charge in [0.2, 0.25) is 0 Å². The Morgan fingerprint density at radius 3 is 3.00 bits per heavy atom. The Labute approximate surface area is 80.9 Å². The Morgan fingerprint density at radius 1 is 1.69 bits per heavy atom. The number of rotatable bonds is 2. The van der Waals surface area contributed by atoms with Crippen molar-refractivity contribution in [3.63, 3.8) is 0 Å². The van der Waals surface area contributed by atoms with Gasteiger partial charge in [0.15, 0.2) is 0 Å². The van der Waals surface area contributed by atoms with Gasteiger partial charge in [0, 0.05) is 24.2 Å². The van der Waals surface area contributed by atoms with Gasteiger partial charge >= 0.3 is 5.97 Å². The lowest BCUT2D eigenvalue weighted by Gasteiger charge is -2.38. The molecule has 0 aromatic carbocycles. The summed E-state index contributed by atoms with van der Waals surface area (Å²) >= 11 is 1.67. The molecular formula is C9H11NO2S. The number of ether oxygens (including phenoxy) is 1. The second-order valence-electron chi connectivity index (χ2n) is 3.11. The molecule has 0 spiro atoms. The summed E-state index contributed by atoms with van der Waals surface area (Å²) in [6.07, 6.45) is 0. The van der Waals surface area contributed by atoms with Crippen molar-refractivity contribution < 1.29 is 9.53 Å². The summed E-state index contributed by atoms with van der Waals surface area (Å²) in [5.41, 5.74) is 1.21. The molecule has 70 valence electrons. The van der Waals surface area contributed by atoms with Gasteiger partial charge in [0.05, 0.1) is 13.0 Å². The van der Waals surface area contributed by atoms with Crippen molar-refractivity contribution in [2.45, 2.75) is 0 Å². The largest absolute Gasteiger partial charge is 0.469 e. The zero-order valence-corrected chi connectivity index (χ0v) is 8.21. The quantitative estimate of drug-likeness (QED) is 0.670. The van der Waals surface area contributed by atoms with E-state index < -0.39 is 0 Å². The fourth-order valence-corrected chi connectivity index (χ4v) is 2.11. The maximum absolute atomic E-state index is 11.1. The van der Waals surface area contributed by atoms with Crippen LogP contribution in [0.25, 0.3) is 0 Å². The van der Waals surface area contributed by atoms with E-state index in [-0.39, 0.29) is 11.9 Å². The van der Waals surface area contributed by atoms with Gasteiger partial charge in [-0.1, -0.05) is 0 Å². The Kier molecular flexibility index (Phi) is 2.22. The average Bonchev–Trinajstić information content (AvgIpc) is 2.54. The van der Waals surface area contributed by atoms with E-state index in [1.807, 2.05) is 5.38 Å². The Balaban J connectivity index is 1.89. The number of carbonyl (C=O) groups is 1. The number of esters is 1. The van der Waals surface area contributed by atoms with Gasteiger partial charge in [0.1, 0.15) is 0 Å². The van der Waals surface area contributed by atoms with Crippen LogP contribution in [0.2, 0.25) is 0 Å². The maximum Gasteiger partial charge on any atom is 0.312 e. The van der Waals surface area contributed by atoms with Crippen molar-refractivity contribution in [2.75, 3.05) is 25.1 Å². The van der Waals surface area contributed by atoms with Crippen molar-refractivity contribution >= 4 is 23.0 Å². The minimum absolute atomic E-state index is 0.0740. The standard InChI is InChI=1S/C9H11NO2S/c1-12-9(11)7-4-10(5-7)8-2-3-13-6-8/h2-3,6-7H,4-5H2,1H3. The maximum atomic E-state index is 11.1. The predicted octanol–water partition coefficient (Wildman–Crippen LogP) is 1.36. The van der Waals surface area contributed by atoms with E-state index in [1.54, 1.807) is 11.3 Å². The summed E-state index contributed by atoms with van der Waals surface area (Å²) in [5.74, 6) is -0.0172. The highest BCUT2D eigenvalue weighted by Crippen LogP contribution is 2.26. The topological polar surface area (TPSA) is 29.5 Å². The lowest BCUT2D eigenvalue weighted by molar-refractivity contribution is -0.146. The number of methoxy groups -OCH3 is 1. The predicted molar refractivity (Wildman–Crippen MR) is 52.0 cm³/mol. The monoisotopic (exact) mass is 197 g/mol. The highest BCUT2D eigenvalue weighted by atomic mass is 32.1. The number of hydrogen-bond donors (Lipinski definition) is 0. The zero-order chi connectivity index (χ0) is 9.26. The van der Waals surface area contributed by atoms with Crippen LogP contribution in [0.3, 0.4) is 0 Å². The Morgan fingerprint density at radius 2 is 2.46 bits per heavy atom. The molecular weight excluding hydrogens is 186 g/mol. The van der Waals surface area contributed by atoms with Gasteiger partial charge < -0.3 is 9.64 Å². The van der Waals surface area contributed by atoms with Crippen molar-refractivity contribution in [1.29, 1.82) is 0 Å². The molecule has 0 amide bonds. The highest BCUT2D eigenvalue weighted by Gasteiger charge is 2.33. The fraction of sp³-hybridized carbons (Fsp3) is 0.444. The van der Waals surface area contributed by atoms with Crippen molar-refractivity contribution in [3.8, 4) is 0 Å². The first-order chi connectivity index (χ1) is 6.31. The molecule has 0 radical (unpaired) electrons. The smallest absolute Gasteiger partial charge is 0.312 e. The van der Waals surface area contributed by atoms with E-state index in [9.17, 15) is 4.79 Å². The van der Waals surface area contributed by atoms with Crippen molar-refractivity contribution in [3.05, 3.63) is 16.8 Å². The zero-order valence-electron chi connectivity index (χ0n) is 7.40. The summed E-state index contributed by atoms with van der Waals surface area (Å²) in [7, 11) is 1.44. The first kappa shape index (κ1) is 8.56. The third kappa shape index (κ3) is 1.54. The van der Waals surface area contributed by atoms with Crippen LogP contribution in [0.5, 0.6) is 0 Å².